The zero-order valence-electron chi connectivity index (χ0n) is 9.56. The molecule has 0 radical (unpaired) electrons. The van der Waals surface area contributed by atoms with Crippen molar-refractivity contribution in [1.29, 1.82) is 0 Å². The predicted molar refractivity (Wildman–Crippen MR) is 65.9 cm³/mol. The van der Waals surface area contributed by atoms with Gasteiger partial charge in [-0.25, -0.2) is 0 Å². The molecular weight excluding hydrogens is 220 g/mol. The molecule has 1 aliphatic carbocycles. The lowest BCUT2D eigenvalue weighted by Crippen LogP contribution is -2.18. The Morgan fingerprint density at radius 2 is 2.06 bits per heavy atom. The number of carbonyl (C=O) groups is 1. The van der Waals surface area contributed by atoms with Crippen LogP contribution in [0.3, 0.4) is 0 Å². The summed E-state index contributed by atoms with van der Waals surface area (Å²) < 4.78 is 0. The molecule has 1 aromatic carbocycles. The van der Waals surface area contributed by atoms with E-state index in [0.717, 1.165) is 17.7 Å². The van der Waals surface area contributed by atoms with Crippen LogP contribution in [0.15, 0.2) is 23.1 Å². The third-order valence-corrected chi connectivity index (χ3v) is 4.40. The van der Waals surface area contributed by atoms with Crippen LogP contribution in [0.25, 0.3) is 0 Å². The van der Waals surface area contributed by atoms with E-state index in [-0.39, 0.29) is 5.25 Å². The summed E-state index contributed by atoms with van der Waals surface area (Å²) in [7, 11) is 0. The van der Waals surface area contributed by atoms with Crippen LogP contribution in [0, 0.1) is 19.8 Å². The number of rotatable bonds is 4. The van der Waals surface area contributed by atoms with Gasteiger partial charge in [-0.05, 0) is 55.9 Å². The second-order valence-corrected chi connectivity index (χ2v) is 5.68. The molecule has 3 heteroatoms. The largest absolute Gasteiger partial charge is 0.480 e. The summed E-state index contributed by atoms with van der Waals surface area (Å²) in [6.45, 7) is 4.13. The molecule has 0 bridgehead atoms. The minimum atomic E-state index is -0.675. The van der Waals surface area contributed by atoms with E-state index in [4.69, 9.17) is 5.11 Å². The maximum atomic E-state index is 11.1. The summed E-state index contributed by atoms with van der Waals surface area (Å²) in [4.78, 5) is 12.2. The third kappa shape index (κ3) is 2.59. The Morgan fingerprint density at radius 1 is 1.38 bits per heavy atom. The molecule has 0 heterocycles. The van der Waals surface area contributed by atoms with Crippen molar-refractivity contribution in [3.63, 3.8) is 0 Å². The maximum Gasteiger partial charge on any atom is 0.317 e. The van der Waals surface area contributed by atoms with Crippen molar-refractivity contribution in [3.05, 3.63) is 29.3 Å². The van der Waals surface area contributed by atoms with E-state index in [9.17, 15) is 4.79 Å². The number of carboxylic acids is 1. The van der Waals surface area contributed by atoms with Crippen LogP contribution in [0.2, 0.25) is 0 Å². The first kappa shape index (κ1) is 11.5. The normalized spacial score (nSPS) is 17.1. The standard InChI is InChI=1S/C13H16O2S/c1-8-3-6-11(7-9(8)2)16-12(13(14)15)10-4-5-10/h3,6-7,10,12H,4-5H2,1-2H3,(H,14,15). The highest BCUT2D eigenvalue weighted by Gasteiger charge is 2.36. The van der Waals surface area contributed by atoms with Gasteiger partial charge in [0.2, 0.25) is 0 Å². The van der Waals surface area contributed by atoms with Crippen molar-refractivity contribution < 1.29 is 9.90 Å². The first-order valence-electron chi connectivity index (χ1n) is 5.54. The lowest BCUT2D eigenvalue weighted by molar-refractivity contribution is -0.136. The van der Waals surface area contributed by atoms with E-state index < -0.39 is 5.97 Å². The van der Waals surface area contributed by atoms with E-state index in [2.05, 4.69) is 26.0 Å². The Labute approximate surface area is 100 Å². The number of aliphatic carboxylic acids is 1. The fourth-order valence-corrected chi connectivity index (χ4v) is 2.93. The van der Waals surface area contributed by atoms with Crippen molar-refractivity contribution in [2.75, 3.05) is 0 Å². The highest BCUT2D eigenvalue weighted by molar-refractivity contribution is 8.00. The van der Waals surface area contributed by atoms with Crippen molar-refractivity contribution in [1.82, 2.24) is 0 Å². The number of carboxylic acid groups (broad SMARTS) is 1. The van der Waals surface area contributed by atoms with Gasteiger partial charge in [-0.2, -0.15) is 0 Å². The van der Waals surface area contributed by atoms with Gasteiger partial charge in [0.05, 0.1) is 0 Å². The topological polar surface area (TPSA) is 37.3 Å². The highest BCUT2D eigenvalue weighted by atomic mass is 32.2. The molecule has 86 valence electrons. The molecule has 0 aromatic heterocycles. The number of hydrogen-bond donors (Lipinski definition) is 1. The lowest BCUT2D eigenvalue weighted by atomic mass is 10.1. The smallest absolute Gasteiger partial charge is 0.317 e. The molecule has 0 saturated heterocycles. The molecule has 0 spiro atoms. The van der Waals surface area contributed by atoms with Crippen LogP contribution in [-0.4, -0.2) is 16.3 Å². The van der Waals surface area contributed by atoms with Gasteiger partial charge in [-0.3, -0.25) is 4.79 Å². The van der Waals surface area contributed by atoms with Crippen LogP contribution >= 0.6 is 11.8 Å². The van der Waals surface area contributed by atoms with Crippen LogP contribution < -0.4 is 0 Å². The number of hydrogen-bond acceptors (Lipinski definition) is 2. The molecule has 16 heavy (non-hydrogen) atoms. The van der Waals surface area contributed by atoms with Gasteiger partial charge in [0, 0.05) is 4.90 Å². The van der Waals surface area contributed by atoms with E-state index in [1.165, 1.54) is 22.9 Å². The molecule has 1 aliphatic rings. The summed E-state index contributed by atoms with van der Waals surface area (Å²) >= 11 is 1.49. The van der Waals surface area contributed by atoms with Gasteiger partial charge in [0.15, 0.2) is 0 Å². The Hall–Kier alpha value is -0.960. The summed E-state index contributed by atoms with van der Waals surface area (Å²) in [5, 5.41) is 8.89. The van der Waals surface area contributed by atoms with Crippen LogP contribution in [0.1, 0.15) is 24.0 Å². The zero-order valence-corrected chi connectivity index (χ0v) is 10.4. The fourth-order valence-electron chi connectivity index (χ4n) is 1.68. The van der Waals surface area contributed by atoms with Gasteiger partial charge in [-0.1, -0.05) is 6.07 Å². The maximum absolute atomic E-state index is 11.1. The zero-order chi connectivity index (χ0) is 11.7. The molecule has 1 N–H and O–H groups in total. The number of benzene rings is 1. The quantitative estimate of drug-likeness (QED) is 0.815. The first-order chi connectivity index (χ1) is 7.58. The van der Waals surface area contributed by atoms with Crippen molar-refractivity contribution >= 4 is 17.7 Å². The molecule has 1 unspecified atom stereocenters. The molecule has 1 saturated carbocycles. The molecule has 1 fully saturated rings. The minimum absolute atomic E-state index is 0.262. The average molecular weight is 236 g/mol. The predicted octanol–water partition coefficient (Wildman–Crippen LogP) is 3.26. The number of thioether (sulfide) groups is 1. The van der Waals surface area contributed by atoms with Crippen molar-refractivity contribution in [2.24, 2.45) is 5.92 Å². The van der Waals surface area contributed by atoms with E-state index >= 15 is 0 Å². The molecule has 2 nitrogen and oxygen atoms in total. The van der Waals surface area contributed by atoms with Gasteiger partial charge in [-0.15, -0.1) is 11.8 Å². The first-order valence-corrected chi connectivity index (χ1v) is 6.42. The second kappa shape index (κ2) is 4.50. The summed E-state index contributed by atoms with van der Waals surface area (Å²) in [5.41, 5.74) is 2.48. The van der Waals surface area contributed by atoms with Crippen LogP contribution in [0.5, 0.6) is 0 Å². The Kier molecular flexibility index (Phi) is 3.24. The Bertz CT molecular complexity index is 410. The van der Waals surface area contributed by atoms with Crippen molar-refractivity contribution in [2.45, 2.75) is 36.8 Å². The Morgan fingerprint density at radius 3 is 2.56 bits per heavy atom. The Balaban J connectivity index is 2.12. The molecule has 0 aliphatic heterocycles. The van der Waals surface area contributed by atoms with Gasteiger partial charge >= 0.3 is 5.97 Å². The van der Waals surface area contributed by atoms with Crippen LogP contribution in [-0.2, 0) is 4.79 Å². The van der Waals surface area contributed by atoms with Gasteiger partial charge in [0.1, 0.15) is 5.25 Å². The molecule has 1 aromatic rings. The summed E-state index contributed by atoms with van der Waals surface area (Å²) in [5.74, 6) is -0.296. The molecular formula is C13H16O2S. The molecule has 0 amide bonds. The fraction of sp³-hybridized carbons (Fsp3) is 0.462. The van der Waals surface area contributed by atoms with Gasteiger partial charge in [0.25, 0.3) is 0 Å². The van der Waals surface area contributed by atoms with E-state index in [0.29, 0.717) is 5.92 Å². The van der Waals surface area contributed by atoms with E-state index in [1.807, 2.05) is 6.07 Å². The summed E-state index contributed by atoms with van der Waals surface area (Å²) in [6.07, 6.45) is 2.13. The SMILES string of the molecule is Cc1ccc(SC(C(=O)O)C2CC2)cc1C. The lowest BCUT2D eigenvalue weighted by Gasteiger charge is -2.11. The van der Waals surface area contributed by atoms with Gasteiger partial charge < -0.3 is 5.11 Å². The minimum Gasteiger partial charge on any atom is -0.480 e. The van der Waals surface area contributed by atoms with Crippen molar-refractivity contribution in [3.8, 4) is 0 Å². The monoisotopic (exact) mass is 236 g/mol. The molecule has 1 atom stereocenters. The van der Waals surface area contributed by atoms with Crippen LogP contribution in [0.4, 0.5) is 0 Å². The molecule has 2 rings (SSSR count). The average Bonchev–Trinajstić information content (AvgIpc) is 3.03. The van der Waals surface area contributed by atoms with E-state index in [1.54, 1.807) is 0 Å². The number of aryl methyl sites for hydroxylation is 2. The summed E-state index contributed by atoms with van der Waals surface area (Å²) in [6, 6.07) is 6.16. The highest BCUT2D eigenvalue weighted by Crippen LogP contribution is 2.42. The second-order valence-electron chi connectivity index (χ2n) is 4.46. The third-order valence-electron chi connectivity index (χ3n) is 3.03.